The number of morpholine rings is 1. The van der Waals surface area contributed by atoms with E-state index in [0.717, 1.165) is 37.5 Å². The van der Waals surface area contributed by atoms with Crippen LogP contribution in [0.4, 0.5) is 0 Å². The van der Waals surface area contributed by atoms with Crippen LogP contribution in [0.3, 0.4) is 0 Å². The Labute approximate surface area is 130 Å². The largest absolute Gasteiger partial charge is 0.378 e. The quantitative estimate of drug-likeness (QED) is 0.910. The Hall–Kier alpha value is -0.450. The van der Waals surface area contributed by atoms with Crippen molar-refractivity contribution in [1.29, 1.82) is 0 Å². The minimum Gasteiger partial charge on any atom is -0.378 e. The Morgan fingerprint density at radius 3 is 2.48 bits per heavy atom. The van der Waals surface area contributed by atoms with Crippen molar-refractivity contribution in [2.75, 3.05) is 19.8 Å². The molecule has 1 atom stereocenters. The zero-order valence-electron chi connectivity index (χ0n) is 12.5. The second-order valence-corrected chi connectivity index (χ2v) is 8.74. The van der Waals surface area contributed by atoms with Gasteiger partial charge in [0.15, 0.2) is 0 Å². The highest BCUT2D eigenvalue weighted by molar-refractivity contribution is 7.09. The molecule has 0 radical (unpaired) electrons. The van der Waals surface area contributed by atoms with Gasteiger partial charge in [-0.05, 0) is 56.3 Å². The predicted molar refractivity (Wildman–Crippen MR) is 83.5 cm³/mol. The average molecular weight is 304 g/mol. The zero-order chi connectivity index (χ0) is 13.9. The van der Waals surface area contributed by atoms with E-state index in [1.807, 2.05) is 11.3 Å². The molecule has 6 rings (SSSR count). The lowest BCUT2D eigenvalue weighted by molar-refractivity contribution is -0.00710. The standard InChI is InChI=1S/C17H24N2OS/c1-2-20-9-14(18-1)16-19-15(10-21-16)17-6-11-3-12(7-17)5-13(4-11)8-17/h10-14,18H,1-9H2. The van der Waals surface area contributed by atoms with E-state index in [0.29, 0.717) is 11.5 Å². The minimum absolute atomic E-state index is 0.325. The molecule has 21 heavy (non-hydrogen) atoms. The highest BCUT2D eigenvalue weighted by Gasteiger charge is 2.52. The molecule has 0 spiro atoms. The van der Waals surface area contributed by atoms with E-state index in [9.17, 15) is 0 Å². The normalized spacial score (nSPS) is 45.1. The van der Waals surface area contributed by atoms with Crippen LogP contribution >= 0.6 is 11.3 Å². The van der Waals surface area contributed by atoms with Gasteiger partial charge in [0.05, 0.1) is 24.9 Å². The maximum Gasteiger partial charge on any atom is 0.112 e. The van der Waals surface area contributed by atoms with Crippen molar-refractivity contribution >= 4 is 11.3 Å². The summed E-state index contributed by atoms with van der Waals surface area (Å²) >= 11 is 1.85. The van der Waals surface area contributed by atoms with Crippen molar-refractivity contribution in [3.8, 4) is 0 Å². The first kappa shape index (κ1) is 13.0. The van der Waals surface area contributed by atoms with Gasteiger partial charge in [-0.1, -0.05) is 0 Å². The van der Waals surface area contributed by atoms with Gasteiger partial charge in [0.1, 0.15) is 5.01 Å². The second-order valence-electron chi connectivity index (χ2n) is 7.85. The molecule has 4 saturated carbocycles. The second kappa shape index (κ2) is 4.77. The first-order valence-electron chi connectivity index (χ1n) is 8.58. The average Bonchev–Trinajstić information content (AvgIpc) is 2.97. The number of rotatable bonds is 2. The summed E-state index contributed by atoms with van der Waals surface area (Å²) in [7, 11) is 0. The summed E-state index contributed by atoms with van der Waals surface area (Å²) in [5.74, 6) is 2.99. The lowest BCUT2D eigenvalue weighted by Crippen LogP contribution is -2.48. The van der Waals surface area contributed by atoms with Gasteiger partial charge in [-0.3, -0.25) is 0 Å². The van der Waals surface area contributed by atoms with E-state index in [1.54, 1.807) is 0 Å². The summed E-state index contributed by atoms with van der Waals surface area (Å²) in [5, 5.41) is 7.17. The fourth-order valence-corrected chi connectivity index (χ4v) is 6.84. The number of nitrogens with one attached hydrogen (secondary N) is 1. The van der Waals surface area contributed by atoms with Crippen LogP contribution in [0.2, 0.25) is 0 Å². The summed E-state index contributed by atoms with van der Waals surface area (Å²) in [6.45, 7) is 2.58. The number of hydrogen-bond acceptors (Lipinski definition) is 4. The molecule has 4 heteroatoms. The molecule has 1 aromatic rings. The number of nitrogens with zero attached hydrogens (tertiary/aromatic N) is 1. The molecular weight excluding hydrogens is 280 g/mol. The van der Waals surface area contributed by atoms with E-state index in [4.69, 9.17) is 9.72 Å². The van der Waals surface area contributed by atoms with E-state index in [1.165, 1.54) is 49.2 Å². The van der Waals surface area contributed by atoms with Gasteiger partial charge in [-0.2, -0.15) is 0 Å². The Balaban J connectivity index is 1.44. The fourth-order valence-electron chi connectivity index (χ4n) is 5.84. The third kappa shape index (κ3) is 2.10. The molecule has 0 aromatic carbocycles. The molecule has 1 aromatic heterocycles. The molecule has 4 bridgehead atoms. The Bertz CT molecular complexity index is 499. The number of hydrogen-bond donors (Lipinski definition) is 1. The topological polar surface area (TPSA) is 34.1 Å². The molecule has 2 heterocycles. The molecule has 1 N–H and O–H groups in total. The molecule has 0 amide bonds. The highest BCUT2D eigenvalue weighted by Crippen LogP contribution is 2.60. The number of aromatic nitrogens is 1. The fraction of sp³-hybridized carbons (Fsp3) is 0.824. The lowest BCUT2D eigenvalue weighted by Gasteiger charge is -2.56. The van der Waals surface area contributed by atoms with Gasteiger partial charge < -0.3 is 10.1 Å². The van der Waals surface area contributed by atoms with Crippen molar-refractivity contribution in [3.63, 3.8) is 0 Å². The van der Waals surface area contributed by atoms with Crippen molar-refractivity contribution in [3.05, 3.63) is 16.1 Å². The molecule has 5 fully saturated rings. The summed E-state index contributed by atoms with van der Waals surface area (Å²) < 4.78 is 5.60. The van der Waals surface area contributed by atoms with Crippen LogP contribution in [0.25, 0.3) is 0 Å². The smallest absolute Gasteiger partial charge is 0.112 e. The minimum atomic E-state index is 0.325. The molecule has 4 aliphatic carbocycles. The first-order chi connectivity index (χ1) is 10.3. The van der Waals surface area contributed by atoms with Crippen LogP contribution in [-0.4, -0.2) is 24.7 Å². The van der Waals surface area contributed by atoms with E-state index in [-0.39, 0.29) is 0 Å². The van der Waals surface area contributed by atoms with E-state index >= 15 is 0 Å². The Kier molecular flexibility index (Phi) is 2.96. The van der Waals surface area contributed by atoms with Crippen molar-refractivity contribution in [2.45, 2.75) is 50.0 Å². The van der Waals surface area contributed by atoms with E-state index in [2.05, 4.69) is 10.7 Å². The van der Waals surface area contributed by atoms with Crippen LogP contribution in [0.1, 0.15) is 55.3 Å². The molecule has 1 saturated heterocycles. The van der Waals surface area contributed by atoms with Gasteiger partial charge in [0.2, 0.25) is 0 Å². The summed E-state index contributed by atoms with van der Waals surface area (Å²) in [5.41, 5.74) is 1.87. The van der Waals surface area contributed by atoms with Gasteiger partial charge in [-0.15, -0.1) is 11.3 Å². The van der Waals surface area contributed by atoms with Crippen LogP contribution in [-0.2, 0) is 10.2 Å². The van der Waals surface area contributed by atoms with Gasteiger partial charge >= 0.3 is 0 Å². The lowest BCUT2D eigenvalue weighted by atomic mass is 9.49. The summed E-state index contributed by atoms with van der Waals surface area (Å²) in [6, 6.07) is 0.325. The van der Waals surface area contributed by atoms with E-state index < -0.39 is 0 Å². The number of thiazole rings is 1. The molecule has 1 unspecified atom stereocenters. The highest BCUT2D eigenvalue weighted by atomic mass is 32.1. The predicted octanol–water partition coefficient (Wildman–Crippen LogP) is 3.27. The third-order valence-corrected chi connectivity index (χ3v) is 7.28. The zero-order valence-corrected chi connectivity index (χ0v) is 13.3. The first-order valence-corrected chi connectivity index (χ1v) is 9.46. The molecule has 1 aliphatic heterocycles. The number of ether oxygens (including phenoxy) is 1. The SMILES string of the molecule is c1sc(C2COCCN2)nc1C12CC3CC(CC(C3)C1)C2. The Morgan fingerprint density at radius 1 is 1.14 bits per heavy atom. The van der Waals surface area contributed by atoms with Crippen LogP contribution in [0.15, 0.2) is 5.38 Å². The maximum absolute atomic E-state index is 5.60. The molecule has 3 nitrogen and oxygen atoms in total. The van der Waals surface area contributed by atoms with Crippen molar-refractivity contribution < 1.29 is 4.74 Å². The molecule has 114 valence electrons. The van der Waals surface area contributed by atoms with Crippen molar-refractivity contribution in [1.82, 2.24) is 10.3 Å². The van der Waals surface area contributed by atoms with Gasteiger partial charge in [0.25, 0.3) is 0 Å². The molecule has 5 aliphatic rings. The van der Waals surface area contributed by atoms with Crippen LogP contribution < -0.4 is 5.32 Å². The van der Waals surface area contributed by atoms with Crippen LogP contribution in [0, 0.1) is 17.8 Å². The van der Waals surface area contributed by atoms with Gasteiger partial charge in [0, 0.05) is 17.3 Å². The van der Waals surface area contributed by atoms with Crippen LogP contribution in [0.5, 0.6) is 0 Å². The maximum atomic E-state index is 5.60. The van der Waals surface area contributed by atoms with Crippen molar-refractivity contribution in [2.24, 2.45) is 17.8 Å². The third-order valence-electron chi connectivity index (χ3n) is 6.32. The summed E-state index contributed by atoms with van der Waals surface area (Å²) in [4.78, 5) is 5.10. The monoisotopic (exact) mass is 304 g/mol. The van der Waals surface area contributed by atoms with Gasteiger partial charge in [-0.25, -0.2) is 4.98 Å². The summed E-state index contributed by atoms with van der Waals surface area (Å²) in [6.07, 6.45) is 8.76. The molecular formula is C17H24N2OS. The Morgan fingerprint density at radius 2 is 1.86 bits per heavy atom.